The van der Waals surface area contributed by atoms with Gasteiger partial charge in [0, 0.05) is 26.0 Å². The molecule has 2 amide bonds. The Hall–Kier alpha value is -3.89. The summed E-state index contributed by atoms with van der Waals surface area (Å²) >= 11 is 0. The molecule has 11 heteroatoms. The number of pyridine rings is 1. The van der Waals surface area contributed by atoms with Gasteiger partial charge in [-0.25, -0.2) is 13.8 Å². The third kappa shape index (κ3) is 6.56. The number of anilines is 2. The molecule has 170 valence electrons. The molecular weight excluding hydrogens is 424 g/mol. The summed E-state index contributed by atoms with van der Waals surface area (Å²) in [6.45, 7) is 3.06. The number of carbonyl (C=O) groups is 3. The Labute approximate surface area is 184 Å². The van der Waals surface area contributed by atoms with Crippen LogP contribution in [0.25, 0.3) is 0 Å². The summed E-state index contributed by atoms with van der Waals surface area (Å²) in [5.74, 6) is -5.80. The second-order valence-corrected chi connectivity index (χ2v) is 6.72. The summed E-state index contributed by atoms with van der Waals surface area (Å²) in [4.78, 5) is 40.2. The predicted octanol–water partition coefficient (Wildman–Crippen LogP) is 2.95. The fourth-order valence-corrected chi connectivity index (χ4v) is 2.38. The number of amides is 2. The number of halogens is 2. The first-order valence-corrected chi connectivity index (χ1v) is 9.51. The number of nitrogens with two attached hydrogens (primary N) is 1. The highest BCUT2D eigenvalue weighted by Crippen LogP contribution is 2.23. The Morgan fingerprint density at radius 2 is 1.81 bits per heavy atom. The molecule has 1 aromatic carbocycles. The predicted molar refractivity (Wildman–Crippen MR) is 113 cm³/mol. The van der Waals surface area contributed by atoms with Crippen molar-refractivity contribution in [1.82, 2.24) is 4.98 Å². The van der Waals surface area contributed by atoms with Crippen molar-refractivity contribution in [2.24, 2.45) is 11.7 Å². The summed E-state index contributed by atoms with van der Waals surface area (Å²) in [5, 5.41) is 11.7. The zero-order chi connectivity index (χ0) is 24.7. The summed E-state index contributed by atoms with van der Waals surface area (Å²) in [6, 6.07) is 4.54. The van der Waals surface area contributed by atoms with Crippen molar-refractivity contribution in [3.8, 4) is 5.88 Å². The van der Waals surface area contributed by atoms with E-state index in [1.54, 1.807) is 0 Å². The van der Waals surface area contributed by atoms with Gasteiger partial charge in [0.05, 0.1) is 5.92 Å². The molecule has 0 fully saturated rings. The van der Waals surface area contributed by atoms with E-state index in [0.29, 0.717) is 0 Å². The molecule has 0 aliphatic carbocycles. The number of rotatable bonds is 9. The van der Waals surface area contributed by atoms with Crippen LogP contribution in [-0.2, 0) is 14.4 Å². The van der Waals surface area contributed by atoms with Gasteiger partial charge in [0.25, 0.3) is 0 Å². The number of nitrogens with one attached hydrogen (secondary N) is 3. The Balaban J connectivity index is 1.97. The van der Waals surface area contributed by atoms with Crippen LogP contribution >= 0.6 is 0 Å². The third-order valence-electron chi connectivity index (χ3n) is 4.31. The van der Waals surface area contributed by atoms with E-state index in [1.807, 2.05) is 5.32 Å². The first-order valence-electron chi connectivity index (χ1n) is 10.1. The van der Waals surface area contributed by atoms with Gasteiger partial charge in [-0.3, -0.25) is 19.8 Å². The van der Waals surface area contributed by atoms with Crippen LogP contribution in [0.1, 0.15) is 40.0 Å². The normalized spacial score (nSPS) is 12.8. The molecule has 9 nitrogen and oxygen atoms in total. The standard InChI is InChI=1S/C21H23F2N5O4/c1-3-11(2)21(31)32-20-15(5-4-8-26-20)27-16(29)6-7-17(30)28-18-13(22)9-12(19(24)25)10-14(18)23/h4-5,8-11H,3,6-7H2,1-2H3,(H3,24,25)(H,27,29)(H,28,30)/i3D. The molecule has 0 aliphatic heterocycles. The average molecular weight is 448 g/mol. The van der Waals surface area contributed by atoms with Crippen molar-refractivity contribution >= 4 is 35.0 Å². The van der Waals surface area contributed by atoms with Crippen molar-refractivity contribution in [2.75, 3.05) is 10.6 Å². The lowest BCUT2D eigenvalue weighted by Gasteiger charge is -2.12. The summed E-state index contributed by atoms with van der Waals surface area (Å²) in [6.07, 6.45) is -0.0995. The van der Waals surface area contributed by atoms with Gasteiger partial charge in [-0.05, 0) is 30.7 Å². The minimum absolute atomic E-state index is 0.0815. The van der Waals surface area contributed by atoms with Gasteiger partial charge < -0.3 is 21.1 Å². The quantitative estimate of drug-likeness (QED) is 0.263. The molecule has 0 radical (unpaired) electrons. The number of benzene rings is 1. The molecule has 0 spiro atoms. The van der Waals surface area contributed by atoms with Crippen molar-refractivity contribution < 1.29 is 29.3 Å². The van der Waals surface area contributed by atoms with Gasteiger partial charge in [-0.15, -0.1) is 0 Å². The van der Waals surface area contributed by atoms with E-state index >= 15 is 0 Å². The molecule has 2 rings (SSSR count). The fourth-order valence-electron chi connectivity index (χ4n) is 2.38. The largest absolute Gasteiger partial charge is 0.405 e. The van der Waals surface area contributed by atoms with Crippen LogP contribution < -0.4 is 21.1 Å². The van der Waals surface area contributed by atoms with Crippen LogP contribution in [0.5, 0.6) is 5.88 Å². The van der Waals surface area contributed by atoms with Crippen molar-refractivity contribution in [2.45, 2.75) is 33.1 Å². The number of nitrogens with zero attached hydrogens (tertiary/aromatic N) is 1. The van der Waals surface area contributed by atoms with Gasteiger partial charge in [0.1, 0.15) is 28.8 Å². The van der Waals surface area contributed by atoms with Crippen molar-refractivity contribution in [1.29, 1.82) is 5.41 Å². The lowest BCUT2D eigenvalue weighted by atomic mass is 10.1. The molecule has 5 N–H and O–H groups in total. The first kappa shape index (κ1) is 22.8. The van der Waals surface area contributed by atoms with E-state index in [0.717, 1.165) is 12.1 Å². The number of ether oxygens (including phenoxy) is 1. The maximum atomic E-state index is 14.0. The number of hydrogen-bond donors (Lipinski definition) is 4. The third-order valence-corrected chi connectivity index (χ3v) is 4.31. The number of aromatic nitrogens is 1. The Morgan fingerprint density at radius 3 is 2.38 bits per heavy atom. The Kier molecular flexibility index (Phi) is 7.79. The first-order chi connectivity index (χ1) is 15.5. The minimum Gasteiger partial charge on any atom is -0.405 e. The van der Waals surface area contributed by atoms with Gasteiger partial charge in [-0.2, -0.15) is 0 Å². The van der Waals surface area contributed by atoms with E-state index < -0.39 is 59.7 Å². The van der Waals surface area contributed by atoms with Gasteiger partial charge in [0.2, 0.25) is 17.7 Å². The van der Waals surface area contributed by atoms with E-state index in [-0.39, 0.29) is 23.6 Å². The molecular formula is C21H23F2N5O4. The van der Waals surface area contributed by atoms with Gasteiger partial charge in [-0.1, -0.05) is 13.8 Å². The van der Waals surface area contributed by atoms with Crippen LogP contribution in [-0.4, -0.2) is 28.6 Å². The Morgan fingerprint density at radius 1 is 1.22 bits per heavy atom. The van der Waals surface area contributed by atoms with Crippen LogP contribution in [0.2, 0.25) is 0 Å². The molecule has 0 saturated heterocycles. The van der Waals surface area contributed by atoms with E-state index in [9.17, 15) is 23.2 Å². The molecule has 32 heavy (non-hydrogen) atoms. The zero-order valence-electron chi connectivity index (χ0n) is 18.4. The number of carbonyl (C=O) groups excluding carboxylic acids is 3. The van der Waals surface area contributed by atoms with Crippen LogP contribution in [0.4, 0.5) is 20.2 Å². The van der Waals surface area contributed by atoms with Crippen LogP contribution in [0, 0.1) is 23.0 Å². The number of hydrogen-bond acceptors (Lipinski definition) is 6. The summed E-state index contributed by atoms with van der Waals surface area (Å²) < 4.78 is 40.8. The topological polar surface area (TPSA) is 147 Å². The van der Waals surface area contributed by atoms with Crippen LogP contribution in [0.3, 0.4) is 0 Å². The zero-order valence-corrected chi connectivity index (χ0v) is 17.4. The van der Waals surface area contributed by atoms with Gasteiger partial charge >= 0.3 is 5.97 Å². The number of esters is 1. The molecule has 0 bridgehead atoms. The molecule has 0 aliphatic rings. The monoisotopic (exact) mass is 448 g/mol. The highest BCUT2D eigenvalue weighted by Gasteiger charge is 2.19. The summed E-state index contributed by atoms with van der Waals surface area (Å²) in [5.41, 5.74) is 4.37. The summed E-state index contributed by atoms with van der Waals surface area (Å²) in [7, 11) is 0. The maximum absolute atomic E-state index is 14.0. The highest BCUT2D eigenvalue weighted by molar-refractivity contribution is 5.98. The molecule has 2 unspecified atom stereocenters. The second-order valence-electron chi connectivity index (χ2n) is 6.72. The second kappa shape index (κ2) is 10.9. The molecule has 1 heterocycles. The van der Waals surface area contributed by atoms with E-state index in [2.05, 4.69) is 10.3 Å². The van der Waals surface area contributed by atoms with E-state index in [4.69, 9.17) is 17.3 Å². The smallest absolute Gasteiger partial charge is 0.315 e. The fraction of sp³-hybridized carbons (Fsp3) is 0.286. The number of nitrogen functional groups attached to an aromatic ring is 1. The average Bonchev–Trinajstić information content (AvgIpc) is 2.75. The molecule has 0 saturated carbocycles. The van der Waals surface area contributed by atoms with Gasteiger partial charge in [0.15, 0.2) is 0 Å². The lowest BCUT2D eigenvalue weighted by Crippen LogP contribution is -2.21. The lowest BCUT2D eigenvalue weighted by molar-refractivity contribution is -0.138. The minimum atomic E-state index is -1.11. The molecule has 1 aromatic heterocycles. The Bertz CT molecular complexity index is 1060. The van der Waals surface area contributed by atoms with E-state index in [1.165, 1.54) is 32.2 Å². The SMILES string of the molecule is [2H]C(C)C(C)C(=O)Oc1ncccc1NC(=O)CCC(=O)Nc1c(F)cc(C(=N)N)cc1F. The maximum Gasteiger partial charge on any atom is 0.315 e. The molecule has 2 atom stereocenters. The van der Waals surface area contributed by atoms with Crippen molar-refractivity contribution in [3.63, 3.8) is 0 Å². The highest BCUT2D eigenvalue weighted by atomic mass is 19.1. The van der Waals surface area contributed by atoms with Crippen LogP contribution in [0.15, 0.2) is 30.5 Å². The molecule has 2 aromatic rings. The van der Waals surface area contributed by atoms with Crippen molar-refractivity contribution in [3.05, 3.63) is 47.7 Å². The number of amidine groups is 1.